The molecule has 0 saturated heterocycles. The summed E-state index contributed by atoms with van der Waals surface area (Å²) in [6, 6.07) is 17.7. The van der Waals surface area contributed by atoms with Gasteiger partial charge in [-0.1, -0.05) is 25.1 Å². The fourth-order valence-electron chi connectivity index (χ4n) is 2.23. The van der Waals surface area contributed by atoms with Gasteiger partial charge in [0.1, 0.15) is 5.75 Å². The first-order chi connectivity index (χ1) is 11.2. The number of benzene rings is 2. The van der Waals surface area contributed by atoms with Crippen molar-refractivity contribution in [1.29, 1.82) is 0 Å². The zero-order valence-corrected chi connectivity index (χ0v) is 14.4. The topological polar surface area (TPSA) is 38.3 Å². The van der Waals surface area contributed by atoms with Crippen LogP contribution in [0.25, 0.3) is 0 Å². The number of hydrogen-bond donors (Lipinski definition) is 1. The normalized spacial score (nSPS) is 11.7. The summed E-state index contributed by atoms with van der Waals surface area (Å²) in [5.74, 6) is 1.72. The molecule has 1 amide bonds. The fourth-order valence-corrected chi connectivity index (χ4v) is 3.21. The van der Waals surface area contributed by atoms with E-state index in [-0.39, 0.29) is 11.9 Å². The summed E-state index contributed by atoms with van der Waals surface area (Å²) < 4.78 is 5.11. The maximum absolute atomic E-state index is 12.3. The van der Waals surface area contributed by atoms with Gasteiger partial charge in [0.05, 0.1) is 7.11 Å². The van der Waals surface area contributed by atoms with Crippen molar-refractivity contribution in [2.75, 3.05) is 12.9 Å². The minimum absolute atomic E-state index is 0.0239. The number of rotatable bonds is 8. The van der Waals surface area contributed by atoms with Crippen molar-refractivity contribution < 1.29 is 9.53 Å². The van der Waals surface area contributed by atoms with Gasteiger partial charge < -0.3 is 10.1 Å². The Morgan fingerprint density at radius 1 is 1.13 bits per heavy atom. The van der Waals surface area contributed by atoms with Crippen LogP contribution in [0.15, 0.2) is 59.5 Å². The molecule has 1 atom stereocenters. The highest BCUT2D eigenvalue weighted by Crippen LogP contribution is 2.19. The Balaban J connectivity index is 1.82. The summed E-state index contributed by atoms with van der Waals surface area (Å²) in [5.41, 5.74) is 0.667. The van der Waals surface area contributed by atoms with Gasteiger partial charge in [-0.15, -0.1) is 11.8 Å². The highest BCUT2D eigenvalue weighted by atomic mass is 32.2. The molecular formula is C19H23NO2S. The number of nitrogens with one attached hydrogen (secondary N) is 1. The van der Waals surface area contributed by atoms with E-state index in [4.69, 9.17) is 4.74 Å². The van der Waals surface area contributed by atoms with Crippen molar-refractivity contribution in [3.8, 4) is 5.75 Å². The van der Waals surface area contributed by atoms with Crippen LogP contribution in [0.3, 0.4) is 0 Å². The molecule has 0 saturated carbocycles. The number of amides is 1. The molecule has 0 aliphatic heterocycles. The van der Waals surface area contributed by atoms with Gasteiger partial charge in [0.25, 0.3) is 5.91 Å². The molecule has 0 bridgehead atoms. The third-order valence-electron chi connectivity index (χ3n) is 3.66. The molecule has 0 aliphatic carbocycles. The number of carbonyl (C=O) groups excluding carboxylic acids is 1. The molecule has 0 fully saturated rings. The Labute approximate surface area is 142 Å². The Bertz CT molecular complexity index is 599. The highest BCUT2D eigenvalue weighted by molar-refractivity contribution is 7.99. The molecule has 0 heterocycles. The Kier molecular flexibility index (Phi) is 7.01. The molecule has 23 heavy (non-hydrogen) atoms. The van der Waals surface area contributed by atoms with Crippen molar-refractivity contribution in [3.05, 3.63) is 60.2 Å². The Hall–Kier alpha value is -1.94. The average molecular weight is 329 g/mol. The van der Waals surface area contributed by atoms with E-state index in [1.165, 1.54) is 4.90 Å². The lowest BCUT2D eigenvalue weighted by Crippen LogP contribution is -2.34. The number of carbonyl (C=O) groups is 1. The van der Waals surface area contributed by atoms with Gasteiger partial charge in [-0.25, -0.2) is 0 Å². The van der Waals surface area contributed by atoms with E-state index in [1.54, 1.807) is 31.4 Å². The lowest BCUT2D eigenvalue weighted by molar-refractivity contribution is 0.0935. The third-order valence-corrected chi connectivity index (χ3v) is 4.70. The quantitative estimate of drug-likeness (QED) is 0.730. The van der Waals surface area contributed by atoms with Gasteiger partial charge in [0.15, 0.2) is 0 Å². The second-order valence-corrected chi connectivity index (χ2v) is 6.43. The van der Waals surface area contributed by atoms with Crippen LogP contribution in [0.4, 0.5) is 0 Å². The monoisotopic (exact) mass is 329 g/mol. The average Bonchev–Trinajstić information content (AvgIpc) is 2.61. The highest BCUT2D eigenvalue weighted by Gasteiger charge is 2.12. The van der Waals surface area contributed by atoms with E-state index in [1.807, 2.05) is 30.0 Å². The van der Waals surface area contributed by atoms with Crippen LogP contribution in [0.1, 0.15) is 30.1 Å². The van der Waals surface area contributed by atoms with Gasteiger partial charge in [0.2, 0.25) is 0 Å². The predicted molar refractivity (Wildman–Crippen MR) is 96.3 cm³/mol. The molecule has 0 aliphatic rings. The standard InChI is InChI=1S/C19H23NO2S/c1-3-16(13-14-23-18-7-5-4-6-8-18)20-19(21)15-9-11-17(22-2)12-10-15/h4-12,16H,3,13-14H2,1-2H3,(H,20,21). The zero-order valence-electron chi connectivity index (χ0n) is 13.6. The number of methoxy groups -OCH3 is 1. The first-order valence-corrected chi connectivity index (χ1v) is 8.84. The van der Waals surface area contributed by atoms with E-state index in [0.29, 0.717) is 5.56 Å². The molecule has 3 nitrogen and oxygen atoms in total. The van der Waals surface area contributed by atoms with Gasteiger partial charge in [-0.05, 0) is 55.0 Å². The van der Waals surface area contributed by atoms with Crippen LogP contribution in [-0.4, -0.2) is 24.8 Å². The van der Waals surface area contributed by atoms with Crippen LogP contribution in [0.5, 0.6) is 5.75 Å². The van der Waals surface area contributed by atoms with E-state index in [2.05, 4.69) is 24.4 Å². The first kappa shape index (κ1) is 17.4. The Morgan fingerprint density at radius 3 is 2.43 bits per heavy atom. The molecule has 2 aromatic rings. The number of thioether (sulfide) groups is 1. The van der Waals surface area contributed by atoms with Crippen LogP contribution < -0.4 is 10.1 Å². The molecular weight excluding hydrogens is 306 g/mol. The van der Waals surface area contributed by atoms with E-state index in [9.17, 15) is 4.79 Å². The van der Waals surface area contributed by atoms with Crippen LogP contribution in [-0.2, 0) is 0 Å². The number of hydrogen-bond acceptors (Lipinski definition) is 3. The molecule has 0 spiro atoms. The van der Waals surface area contributed by atoms with E-state index in [0.717, 1.165) is 24.3 Å². The van der Waals surface area contributed by atoms with Gasteiger partial charge in [0, 0.05) is 16.5 Å². The van der Waals surface area contributed by atoms with E-state index < -0.39 is 0 Å². The summed E-state index contributed by atoms with van der Waals surface area (Å²) in [6.07, 6.45) is 1.88. The second kappa shape index (κ2) is 9.26. The molecule has 4 heteroatoms. The van der Waals surface area contributed by atoms with Crippen molar-refractivity contribution in [3.63, 3.8) is 0 Å². The molecule has 2 rings (SSSR count). The van der Waals surface area contributed by atoms with Gasteiger partial charge in [-0.3, -0.25) is 4.79 Å². The molecule has 1 N–H and O–H groups in total. The molecule has 0 radical (unpaired) electrons. The summed E-state index contributed by atoms with van der Waals surface area (Å²) in [4.78, 5) is 13.6. The van der Waals surface area contributed by atoms with Crippen LogP contribution in [0.2, 0.25) is 0 Å². The van der Waals surface area contributed by atoms with E-state index >= 15 is 0 Å². The summed E-state index contributed by atoms with van der Waals surface area (Å²) in [6.45, 7) is 2.10. The summed E-state index contributed by atoms with van der Waals surface area (Å²) in [5, 5.41) is 3.11. The van der Waals surface area contributed by atoms with Crippen molar-refractivity contribution >= 4 is 17.7 Å². The van der Waals surface area contributed by atoms with Crippen molar-refractivity contribution in [2.24, 2.45) is 0 Å². The Morgan fingerprint density at radius 2 is 1.83 bits per heavy atom. The minimum atomic E-state index is -0.0239. The van der Waals surface area contributed by atoms with Gasteiger partial charge >= 0.3 is 0 Å². The van der Waals surface area contributed by atoms with Crippen molar-refractivity contribution in [1.82, 2.24) is 5.32 Å². The largest absolute Gasteiger partial charge is 0.497 e. The molecule has 122 valence electrons. The lowest BCUT2D eigenvalue weighted by atomic mass is 10.1. The maximum atomic E-state index is 12.3. The zero-order chi connectivity index (χ0) is 16.5. The first-order valence-electron chi connectivity index (χ1n) is 7.85. The number of ether oxygens (including phenoxy) is 1. The lowest BCUT2D eigenvalue weighted by Gasteiger charge is -2.17. The van der Waals surface area contributed by atoms with Crippen LogP contribution >= 0.6 is 11.8 Å². The molecule has 2 aromatic carbocycles. The van der Waals surface area contributed by atoms with Crippen LogP contribution in [0, 0.1) is 0 Å². The SMILES string of the molecule is CCC(CCSc1ccccc1)NC(=O)c1ccc(OC)cc1. The molecule has 1 unspecified atom stereocenters. The second-order valence-electron chi connectivity index (χ2n) is 5.26. The predicted octanol–water partition coefficient (Wildman–Crippen LogP) is 4.39. The van der Waals surface area contributed by atoms with Gasteiger partial charge in [-0.2, -0.15) is 0 Å². The fraction of sp³-hybridized carbons (Fsp3) is 0.316. The summed E-state index contributed by atoms with van der Waals surface area (Å²) in [7, 11) is 1.62. The summed E-state index contributed by atoms with van der Waals surface area (Å²) >= 11 is 1.82. The minimum Gasteiger partial charge on any atom is -0.497 e. The maximum Gasteiger partial charge on any atom is 0.251 e. The third kappa shape index (κ3) is 5.64. The molecule has 0 aromatic heterocycles. The smallest absolute Gasteiger partial charge is 0.251 e. The van der Waals surface area contributed by atoms with Crippen molar-refractivity contribution in [2.45, 2.75) is 30.7 Å².